The highest BCUT2D eigenvalue weighted by atomic mass is 35.5. The molecule has 0 bridgehead atoms. The molecule has 0 saturated carbocycles. The molecule has 25 heavy (non-hydrogen) atoms. The highest BCUT2D eigenvalue weighted by Crippen LogP contribution is 2.63. The number of aromatic amines is 1. The Kier molecular flexibility index (Phi) is 6.32. The van der Waals surface area contributed by atoms with E-state index in [0.717, 1.165) is 0 Å². The van der Waals surface area contributed by atoms with Crippen molar-refractivity contribution in [1.82, 2.24) is 15.4 Å². The molecule has 0 aliphatic carbocycles. The molecular formula is C15H24ClN4O4P. The van der Waals surface area contributed by atoms with E-state index in [-0.39, 0.29) is 17.4 Å². The van der Waals surface area contributed by atoms with Crippen molar-refractivity contribution >= 4 is 25.0 Å². The van der Waals surface area contributed by atoms with Crippen molar-refractivity contribution in [1.29, 1.82) is 0 Å². The maximum atomic E-state index is 13.7. The standard InChI is InChI=1S/C15H24ClN4O4P/c1-8(2)23-25(21,24-9(3)4)15(13-11(6)18-19-14(13)16)17-12-7-10(5)22-20-12/h7-9,15H,1-6H3,(H,17,20)(H,18,19). The third-order valence-electron chi connectivity index (χ3n) is 3.17. The van der Waals surface area contributed by atoms with Crippen LogP contribution in [0.5, 0.6) is 0 Å². The minimum atomic E-state index is -3.68. The molecule has 0 amide bonds. The van der Waals surface area contributed by atoms with Crippen LogP contribution in [0.25, 0.3) is 0 Å². The van der Waals surface area contributed by atoms with Crippen molar-refractivity contribution in [3.8, 4) is 0 Å². The number of H-pyrrole nitrogens is 1. The summed E-state index contributed by atoms with van der Waals surface area (Å²) in [5.41, 5.74) is 1.16. The number of halogens is 1. The summed E-state index contributed by atoms with van der Waals surface area (Å²) in [7, 11) is -3.68. The van der Waals surface area contributed by atoms with Gasteiger partial charge >= 0.3 is 7.60 Å². The molecule has 0 saturated heterocycles. The summed E-state index contributed by atoms with van der Waals surface area (Å²) in [6, 6.07) is 1.69. The van der Waals surface area contributed by atoms with Crippen molar-refractivity contribution in [2.24, 2.45) is 0 Å². The minimum absolute atomic E-state index is 0.190. The molecule has 0 spiro atoms. The quantitative estimate of drug-likeness (QED) is 0.622. The predicted molar refractivity (Wildman–Crippen MR) is 96.0 cm³/mol. The molecule has 2 N–H and O–H groups in total. The van der Waals surface area contributed by atoms with Crippen LogP contribution in [0.15, 0.2) is 10.6 Å². The Morgan fingerprint density at radius 1 is 1.24 bits per heavy atom. The Balaban J connectivity index is 2.52. The van der Waals surface area contributed by atoms with Crippen LogP contribution in [0.2, 0.25) is 5.15 Å². The van der Waals surface area contributed by atoms with Gasteiger partial charge in [-0.2, -0.15) is 5.10 Å². The lowest BCUT2D eigenvalue weighted by Gasteiger charge is -2.30. The fourth-order valence-corrected chi connectivity index (χ4v) is 5.10. The molecule has 2 heterocycles. The van der Waals surface area contributed by atoms with E-state index in [4.69, 9.17) is 25.2 Å². The summed E-state index contributed by atoms with van der Waals surface area (Å²) >= 11 is 6.23. The minimum Gasteiger partial charge on any atom is -0.360 e. The SMILES string of the molecule is Cc1cc(NC(c2c(Cl)n[nH]c2C)P(=O)(OC(C)C)OC(C)C)no1. The average molecular weight is 391 g/mol. The zero-order valence-corrected chi connectivity index (χ0v) is 16.8. The lowest BCUT2D eigenvalue weighted by molar-refractivity contribution is 0.138. The molecule has 140 valence electrons. The van der Waals surface area contributed by atoms with Gasteiger partial charge < -0.3 is 18.9 Å². The Labute approximate surface area is 152 Å². The number of aromatic nitrogens is 3. The molecule has 8 nitrogen and oxygen atoms in total. The highest BCUT2D eigenvalue weighted by molar-refractivity contribution is 7.54. The van der Waals surface area contributed by atoms with Gasteiger partial charge in [0.2, 0.25) is 0 Å². The summed E-state index contributed by atoms with van der Waals surface area (Å²) in [5, 5.41) is 13.9. The van der Waals surface area contributed by atoms with Gasteiger partial charge in [0.1, 0.15) is 5.76 Å². The topological polar surface area (TPSA) is 102 Å². The Bertz CT molecular complexity index is 725. The largest absolute Gasteiger partial charge is 0.360 e. The summed E-state index contributed by atoms with van der Waals surface area (Å²) in [6.45, 7) is 10.7. The van der Waals surface area contributed by atoms with Crippen LogP contribution in [-0.4, -0.2) is 27.6 Å². The second-order valence-electron chi connectivity index (χ2n) is 6.27. The number of nitrogens with zero attached hydrogens (tertiary/aromatic N) is 2. The summed E-state index contributed by atoms with van der Waals surface area (Å²) in [4.78, 5) is 0. The van der Waals surface area contributed by atoms with E-state index in [2.05, 4.69) is 20.7 Å². The fraction of sp³-hybridized carbons (Fsp3) is 0.600. The summed E-state index contributed by atoms with van der Waals surface area (Å²) < 4.78 is 30.2. The van der Waals surface area contributed by atoms with E-state index < -0.39 is 13.4 Å². The molecule has 1 atom stereocenters. The molecule has 2 aromatic heterocycles. The zero-order chi connectivity index (χ0) is 18.8. The van der Waals surface area contributed by atoms with E-state index in [0.29, 0.717) is 22.8 Å². The van der Waals surface area contributed by atoms with Crippen molar-refractivity contribution < 1.29 is 18.1 Å². The first-order valence-electron chi connectivity index (χ1n) is 7.99. The second-order valence-corrected chi connectivity index (χ2v) is 8.65. The van der Waals surface area contributed by atoms with Gasteiger partial charge in [-0.1, -0.05) is 16.8 Å². The van der Waals surface area contributed by atoms with E-state index in [1.807, 2.05) is 0 Å². The molecule has 10 heteroatoms. The van der Waals surface area contributed by atoms with Crippen LogP contribution in [0, 0.1) is 13.8 Å². The maximum Gasteiger partial charge on any atom is 0.357 e. The maximum absolute atomic E-state index is 13.7. The van der Waals surface area contributed by atoms with Gasteiger partial charge in [0.15, 0.2) is 16.8 Å². The first-order valence-corrected chi connectivity index (χ1v) is 9.98. The van der Waals surface area contributed by atoms with Crippen molar-refractivity contribution in [3.63, 3.8) is 0 Å². The van der Waals surface area contributed by atoms with Gasteiger partial charge in [-0.15, -0.1) is 0 Å². The van der Waals surface area contributed by atoms with Crippen molar-refractivity contribution in [2.45, 2.75) is 59.5 Å². The predicted octanol–water partition coefficient (Wildman–Crippen LogP) is 4.82. The first-order chi connectivity index (χ1) is 11.6. The lowest BCUT2D eigenvalue weighted by atomic mass is 10.2. The van der Waals surface area contributed by atoms with Gasteiger partial charge in [0.05, 0.1) is 12.2 Å². The number of rotatable bonds is 8. The molecule has 0 aliphatic heterocycles. The Morgan fingerprint density at radius 2 is 1.84 bits per heavy atom. The molecule has 0 radical (unpaired) electrons. The molecule has 0 aromatic carbocycles. The van der Waals surface area contributed by atoms with Gasteiger partial charge in [0, 0.05) is 17.3 Å². The average Bonchev–Trinajstić information content (AvgIpc) is 3.01. The lowest BCUT2D eigenvalue weighted by Crippen LogP contribution is -2.20. The number of anilines is 1. The summed E-state index contributed by atoms with van der Waals surface area (Å²) in [5.74, 6) is 0.118. The number of hydrogen-bond donors (Lipinski definition) is 2. The first kappa shape index (κ1) is 20.0. The number of nitrogens with one attached hydrogen (secondary N) is 2. The Morgan fingerprint density at radius 3 is 2.24 bits per heavy atom. The van der Waals surface area contributed by atoms with E-state index in [1.54, 1.807) is 47.6 Å². The van der Waals surface area contributed by atoms with Gasteiger partial charge in [-0.3, -0.25) is 9.66 Å². The molecule has 2 rings (SSSR count). The van der Waals surface area contributed by atoms with Crippen LogP contribution in [0.4, 0.5) is 5.82 Å². The smallest absolute Gasteiger partial charge is 0.357 e. The molecule has 2 aromatic rings. The third-order valence-corrected chi connectivity index (χ3v) is 5.90. The molecule has 0 fully saturated rings. The monoisotopic (exact) mass is 390 g/mol. The number of aryl methyl sites for hydroxylation is 2. The van der Waals surface area contributed by atoms with Crippen molar-refractivity contribution in [2.75, 3.05) is 5.32 Å². The normalized spacial score (nSPS) is 13.6. The second kappa shape index (κ2) is 7.91. The van der Waals surface area contributed by atoms with Crippen molar-refractivity contribution in [3.05, 3.63) is 28.2 Å². The fourth-order valence-electron chi connectivity index (χ4n) is 2.34. The molecule has 1 unspecified atom stereocenters. The van der Waals surface area contributed by atoms with Crippen LogP contribution in [0.3, 0.4) is 0 Å². The highest BCUT2D eigenvalue weighted by Gasteiger charge is 2.42. The molecular weight excluding hydrogens is 367 g/mol. The van der Waals surface area contributed by atoms with Crippen LogP contribution >= 0.6 is 19.2 Å². The van der Waals surface area contributed by atoms with Gasteiger partial charge in [-0.25, -0.2) is 0 Å². The van der Waals surface area contributed by atoms with Crippen LogP contribution in [-0.2, 0) is 13.6 Å². The summed E-state index contributed by atoms with van der Waals surface area (Å²) in [6.07, 6.45) is -0.641. The van der Waals surface area contributed by atoms with E-state index >= 15 is 0 Å². The van der Waals surface area contributed by atoms with Crippen LogP contribution < -0.4 is 5.32 Å². The number of hydrogen-bond acceptors (Lipinski definition) is 7. The third kappa shape index (κ3) is 4.85. The van der Waals surface area contributed by atoms with Gasteiger partial charge in [0.25, 0.3) is 0 Å². The zero-order valence-electron chi connectivity index (χ0n) is 15.2. The molecule has 0 aliphatic rings. The van der Waals surface area contributed by atoms with Gasteiger partial charge in [-0.05, 0) is 41.5 Å². The Hall–Kier alpha value is -1.34. The van der Waals surface area contributed by atoms with E-state index in [1.165, 1.54) is 0 Å². The van der Waals surface area contributed by atoms with E-state index in [9.17, 15) is 4.57 Å². The van der Waals surface area contributed by atoms with Crippen LogP contribution in [0.1, 0.15) is 50.5 Å².